The molecule has 0 spiro atoms. The molecule has 0 fully saturated rings. The number of amides is 3. The molecule has 1 heterocycles. The Morgan fingerprint density at radius 3 is 2.45 bits per heavy atom. The fourth-order valence-electron chi connectivity index (χ4n) is 3.58. The lowest BCUT2D eigenvalue weighted by molar-refractivity contribution is -0.138. The fraction of sp³-hybridized carbons (Fsp3) is 0.250. The second-order valence-electron chi connectivity index (χ2n) is 7.68. The number of rotatable bonds is 7. The number of aliphatic carboxylic acids is 1. The van der Waals surface area contributed by atoms with Crippen molar-refractivity contribution < 1.29 is 29.0 Å². The van der Waals surface area contributed by atoms with Crippen molar-refractivity contribution in [2.45, 2.75) is 25.4 Å². The van der Waals surface area contributed by atoms with Gasteiger partial charge < -0.3 is 25.4 Å². The van der Waals surface area contributed by atoms with Crippen molar-refractivity contribution in [3.8, 4) is 16.9 Å². The van der Waals surface area contributed by atoms with E-state index in [9.17, 15) is 24.3 Å². The number of carboxylic acid groups (broad SMARTS) is 1. The summed E-state index contributed by atoms with van der Waals surface area (Å²) < 4.78 is 5.26. The Bertz CT molecular complexity index is 1130. The molecule has 0 bridgehead atoms. The van der Waals surface area contributed by atoms with E-state index in [1.807, 2.05) is 30.3 Å². The van der Waals surface area contributed by atoms with Crippen LogP contribution in [-0.2, 0) is 14.4 Å². The molecule has 0 aliphatic carbocycles. The molecule has 2 aromatic carbocycles. The maximum absolute atomic E-state index is 12.6. The average molecular weight is 451 g/mol. The van der Waals surface area contributed by atoms with Gasteiger partial charge in [0.15, 0.2) is 11.8 Å². The first kappa shape index (κ1) is 23.5. The third kappa shape index (κ3) is 5.57. The van der Waals surface area contributed by atoms with Gasteiger partial charge in [-0.1, -0.05) is 30.3 Å². The van der Waals surface area contributed by atoms with Gasteiger partial charge in [-0.2, -0.15) is 0 Å². The van der Waals surface area contributed by atoms with Crippen LogP contribution in [0.15, 0.2) is 60.3 Å². The quantitative estimate of drug-likeness (QED) is 0.556. The van der Waals surface area contributed by atoms with Gasteiger partial charge in [0.25, 0.3) is 5.91 Å². The van der Waals surface area contributed by atoms with Crippen molar-refractivity contribution in [3.63, 3.8) is 0 Å². The van der Waals surface area contributed by atoms with Crippen molar-refractivity contribution in [2.24, 2.45) is 0 Å². The minimum absolute atomic E-state index is 0.329. The van der Waals surface area contributed by atoms with Crippen molar-refractivity contribution in [2.75, 3.05) is 14.2 Å². The summed E-state index contributed by atoms with van der Waals surface area (Å²) in [7, 11) is 3.06. The Morgan fingerprint density at radius 1 is 1.12 bits per heavy atom. The van der Waals surface area contributed by atoms with E-state index < -0.39 is 35.8 Å². The number of ether oxygens (including phenoxy) is 1. The van der Waals surface area contributed by atoms with Gasteiger partial charge in [-0.05, 0) is 41.8 Å². The number of hydrogen-bond acceptors (Lipinski definition) is 5. The number of carbonyl (C=O) groups excluding carboxylic acids is 3. The van der Waals surface area contributed by atoms with E-state index in [1.165, 1.54) is 18.1 Å². The summed E-state index contributed by atoms with van der Waals surface area (Å²) in [5.74, 6) is -1.53. The molecule has 0 aromatic heterocycles. The van der Waals surface area contributed by atoms with Crippen LogP contribution in [0.2, 0.25) is 0 Å². The molecule has 3 amide bonds. The lowest BCUT2D eigenvalue weighted by Gasteiger charge is -2.27. The summed E-state index contributed by atoms with van der Waals surface area (Å²) in [4.78, 5) is 50.0. The minimum atomic E-state index is -1.37. The van der Waals surface area contributed by atoms with E-state index in [0.717, 1.165) is 11.1 Å². The van der Waals surface area contributed by atoms with Crippen molar-refractivity contribution >= 4 is 23.7 Å². The van der Waals surface area contributed by atoms with E-state index in [-0.39, 0.29) is 6.42 Å². The highest BCUT2D eigenvalue weighted by Gasteiger charge is 2.35. The zero-order valence-corrected chi connectivity index (χ0v) is 18.5. The number of likely N-dealkylation sites (N-methyl/N-ethyl adjacent to an activating group) is 1. The number of Topliss-reactive ketones (excluding diaryl/α,β-unsaturated/α-hetero) is 1. The Labute approximate surface area is 191 Å². The molecule has 33 heavy (non-hydrogen) atoms. The van der Waals surface area contributed by atoms with E-state index in [4.69, 9.17) is 4.74 Å². The predicted molar refractivity (Wildman–Crippen MR) is 120 cm³/mol. The maximum atomic E-state index is 12.6. The first-order valence-electron chi connectivity index (χ1n) is 10.2. The van der Waals surface area contributed by atoms with Gasteiger partial charge >= 0.3 is 12.0 Å². The van der Waals surface area contributed by atoms with Gasteiger partial charge in [-0.25, -0.2) is 4.79 Å². The molecule has 9 heteroatoms. The van der Waals surface area contributed by atoms with Gasteiger partial charge in [0, 0.05) is 18.8 Å². The summed E-state index contributed by atoms with van der Waals surface area (Å²) in [6.07, 6.45) is 1.01. The van der Waals surface area contributed by atoms with E-state index in [1.54, 1.807) is 32.2 Å². The molecule has 1 unspecified atom stereocenters. The van der Waals surface area contributed by atoms with Crippen LogP contribution in [-0.4, -0.2) is 53.9 Å². The summed E-state index contributed by atoms with van der Waals surface area (Å²) in [6, 6.07) is 11.4. The lowest BCUT2D eigenvalue weighted by atomic mass is 9.97. The van der Waals surface area contributed by atoms with Gasteiger partial charge in [0.1, 0.15) is 5.75 Å². The number of nitrogens with zero attached hydrogens (tertiary/aromatic N) is 1. The maximum Gasteiger partial charge on any atom is 0.316 e. The van der Waals surface area contributed by atoms with Crippen LogP contribution in [0.25, 0.3) is 11.1 Å². The molecule has 1 aliphatic heterocycles. The molecule has 2 aromatic rings. The van der Waals surface area contributed by atoms with Gasteiger partial charge in [0.05, 0.1) is 19.6 Å². The van der Waals surface area contributed by atoms with Crippen LogP contribution in [0.5, 0.6) is 5.75 Å². The number of carboxylic acids is 1. The van der Waals surface area contributed by atoms with E-state index in [2.05, 4.69) is 10.6 Å². The molecule has 1 aliphatic rings. The topological polar surface area (TPSA) is 125 Å². The largest absolute Gasteiger partial charge is 0.497 e. The molecule has 2 atom stereocenters. The lowest BCUT2D eigenvalue weighted by Crippen LogP contribution is -2.56. The summed E-state index contributed by atoms with van der Waals surface area (Å²) in [5, 5.41) is 14.3. The SMILES string of the molecule is COc1cccc(-c2cccc([C@H](CC(=O)O)NC(=O)NC3C(=O)C(C)=CN(C)C3=O)c2)c1. The molecule has 0 saturated carbocycles. The van der Waals surface area contributed by atoms with Crippen molar-refractivity contribution in [1.29, 1.82) is 0 Å². The highest BCUT2D eigenvalue weighted by Crippen LogP contribution is 2.27. The van der Waals surface area contributed by atoms with Gasteiger partial charge in [0.2, 0.25) is 0 Å². The number of benzene rings is 2. The van der Waals surface area contributed by atoms with Crippen molar-refractivity contribution in [3.05, 3.63) is 65.9 Å². The Kier molecular flexibility index (Phi) is 7.12. The number of urea groups is 1. The highest BCUT2D eigenvalue weighted by molar-refractivity contribution is 6.16. The summed E-state index contributed by atoms with van der Waals surface area (Å²) in [6.45, 7) is 1.55. The van der Waals surface area contributed by atoms with Crippen LogP contribution in [0, 0.1) is 0 Å². The molecule has 172 valence electrons. The number of methoxy groups -OCH3 is 1. The highest BCUT2D eigenvalue weighted by atomic mass is 16.5. The van der Waals surface area contributed by atoms with Crippen LogP contribution in [0.1, 0.15) is 24.9 Å². The monoisotopic (exact) mass is 451 g/mol. The minimum Gasteiger partial charge on any atom is -0.497 e. The van der Waals surface area contributed by atoms with E-state index in [0.29, 0.717) is 16.9 Å². The summed E-state index contributed by atoms with van der Waals surface area (Å²) >= 11 is 0. The third-order valence-electron chi connectivity index (χ3n) is 5.28. The number of ketones is 1. The van der Waals surface area contributed by atoms with Crippen molar-refractivity contribution in [1.82, 2.24) is 15.5 Å². The Hall–Kier alpha value is -4.14. The first-order chi connectivity index (χ1) is 15.7. The third-order valence-corrected chi connectivity index (χ3v) is 5.28. The van der Waals surface area contributed by atoms with Crippen LogP contribution in [0.3, 0.4) is 0 Å². The first-order valence-corrected chi connectivity index (χ1v) is 10.2. The molecule has 0 radical (unpaired) electrons. The van der Waals surface area contributed by atoms with Gasteiger partial charge in [-0.15, -0.1) is 0 Å². The zero-order chi connectivity index (χ0) is 24.1. The Morgan fingerprint density at radius 2 is 1.79 bits per heavy atom. The Balaban J connectivity index is 1.82. The smallest absolute Gasteiger partial charge is 0.316 e. The predicted octanol–water partition coefficient (Wildman–Crippen LogP) is 2.49. The number of nitrogens with one attached hydrogen (secondary N) is 2. The molecule has 3 N–H and O–H groups in total. The standard InChI is InChI=1S/C24H25N3O6/c1-14-13-27(2)23(31)21(22(14)30)26-24(32)25-19(12-20(28)29)17-8-4-6-15(10-17)16-7-5-9-18(11-16)33-3/h4-11,13,19,21H,12H2,1-3H3,(H,28,29)(H2,25,26,32)/t19-,21?/m0/s1. The van der Waals surface area contributed by atoms with Crippen LogP contribution in [0.4, 0.5) is 4.79 Å². The second kappa shape index (κ2) is 9.99. The van der Waals surface area contributed by atoms with Crippen LogP contribution >= 0.6 is 0 Å². The number of carbonyl (C=O) groups is 4. The molecular formula is C24H25N3O6. The molecule has 9 nitrogen and oxygen atoms in total. The van der Waals surface area contributed by atoms with E-state index >= 15 is 0 Å². The second-order valence-corrected chi connectivity index (χ2v) is 7.68. The molecule has 0 saturated heterocycles. The average Bonchev–Trinajstić information content (AvgIpc) is 2.80. The fourth-order valence-corrected chi connectivity index (χ4v) is 3.58. The van der Waals surface area contributed by atoms with Gasteiger partial charge in [-0.3, -0.25) is 14.4 Å². The zero-order valence-electron chi connectivity index (χ0n) is 18.5. The molecule has 3 rings (SSSR count). The normalized spacial score (nSPS) is 16.6. The number of hydrogen-bond donors (Lipinski definition) is 3. The summed E-state index contributed by atoms with van der Waals surface area (Å²) in [5.41, 5.74) is 2.56. The molecular weight excluding hydrogens is 426 g/mol. The van der Waals surface area contributed by atoms with Crippen LogP contribution < -0.4 is 15.4 Å².